The van der Waals surface area contributed by atoms with Crippen molar-refractivity contribution in [3.05, 3.63) is 34.9 Å². The fourth-order valence-corrected chi connectivity index (χ4v) is 3.15. The lowest BCUT2D eigenvalue weighted by Crippen LogP contribution is -2.48. The number of β-amino-alcohol motifs (C(OH)–C–C–N with tert-alkyl or cyclic N) is 1. The van der Waals surface area contributed by atoms with Crippen LogP contribution in [-0.4, -0.2) is 41.3 Å². The van der Waals surface area contributed by atoms with Gasteiger partial charge in [0.15, 0.2) is 0 Å². The predicted molar refractivity (Wildman–Crippen MR) is 86.6 cm³/mol. The maximum atomic E-state index is 10.2. The van der Waals surface area contributed by atoms with Gasteiger partial charge in [0.2, 0.25) is 0 Å². The van der Waals surface area contributed by atoms with Crippen LogP contribution in [0.5, 0.6) is 0 Å². The van der Waals surface area contributed by atoms with Crippen LogP contribution in [0.25, 0.3) is 0 Å². The molecule has 0 spiro atoms. The first kappa shape index (κ1) is 16.8. The summed E-state index contributed by atoms with van der Waals surface area (Å²) in [6.07, 6.45) is 3.31. The van der Waals surface area contributed by atoms with E-state index in [1.807, 2.05) is 24.3 Å². The highest BCUT2D eigenvalue weighted by Gasteiger charge is 2.26. The second-order valence-electron chi connectivity index (χ2n) is 6.12. The number of likely N-dealkylation sites (tertiary alicyclic amines) is 1. The van der Waals surface area contributed by atoms with Crippen molar-refractivity contribution in [3.63, 3.8) is 0 Å². The molecule has 0 amide bonds. The Kier molecular flexibility index (Phi) is 6.49. The summed E-state index contributed by atoms with van der Waals surface area (Å²) < 4.78 is 5.61. The number of piperidine rings is 1. The third-order valence-corrected chi connectivity index (χ3v) is 4.54. The SMILES string of the molecule is CC1CCCC(C)N1CC(O)COCc1ccc(Cl)cc1. The Labute approximate surface area is 132 Å². The van der Waals surface area contributed by atoms with Crippen molar-refractivity contribution in [2.45, 2.75) is 57.9 Å². The zero-order chi connectivity index (χ0) is 15.2. The topological polar surface area (TPSA) is 32.7 Å². The lowest BCUT2D eigenvalue weighted by atomic mass is 9.97. The number of rotatable bonds is 6. The van der Waals surface area contributed by atoms with E-state index in [0.29, 0.717) is 31.8 Å². The first-order chi connectivity index (χ1) is 10.1. The highest BCUT2D eigenvalue weighted by atomic mass is 35.5. The predicted octanol–water partition coefficient (Wildman–Crippen LogP) is 3.48. The molecule has 1 heterocycles. The molecule has 1 fully saturated rings. The molecule has 0 saturated carbocycles. The zero-order valence-electron chi connectivity index (χ0n) is 13.0. The molecule has 0 radical (unpaired) electrons. The van der Waals surface area contributed by atoms with Crippen molar-refractivity contribution in [3.8, 4) is 0 Å². The molecule has 0 aliphatic carbocycles. The molecule has 3 unspecified atom stereocenters. The van der Waals surface area contributed by atoms with E-state index < -0.39 is 6.10 Å². The first-order valence-electron chi connectivity index (χ1n) is 7.82. The van der Waals surface area contributed by atoms with Crippen LogP contribution in [0.2, 0.25) is 5.02 Å². The van der Waals surface area contributed by atoms with Gasteiger partial charge in [-0.25, -0.2) is 0 Å². The van der Waals surface area contributed by atoms with E-state index in [9.17, 15) is 5.11 Å². The van der Waals surface area contributed by atoms with Gasteiger partial charge < -0.3 is 9.84 Å². The van der Waals surface area contributed by atoms with Gasteiger partial charge in [-0.15, -0.1) is 0 Å². The van der Waals surface area contributed by atoms with Gasteiger partial charge in [-0.1, -0.05) is 30.2 Å². The van der Waals surface area contributed by atoms with Gasteiger partial charge in [-0.3, -0.25) is 4.90 Å². The Hall–Kier alpha value is -0.610. The normalized spacial score (nSPS) is 25.0. The van der Waals surface area contributed by atoms with Crippen molar-refractivity contribution in [2.24, 2.45) is 0 Å². The Morgan fingerprint density at radius 1 is 1.24 bits per heavy atom. The molecule has 118 valence electrons. The summed E-state index contributed by atoms with van der Waals surface area (Å²) in [5.74, 6) is 0. The van der Waals surface area contributed by atoms with Gasteiger partial charge in [-0.2, -0.15) is 0 Å². The Balaban J connectivity index is 1.71. The van der Waals surface area contributed by atoms with Gasteiger partial charge in [0, 0.05) is 23.7 Å². The minimum absolute atomic E-state index is 0.374. The number of ether oxygens (including phenoxy) is 1. The average Bonchev–Trinajstić information content (AvgIpc) is 2.45. The number of hydrogen-bond acceptors (Lipinski definition) is 3. The molecular formula is C17H26ClNO2. The number of nitrogens with zero attached hydrogens (tertiary/aromatic N) is 1. The molecule has 1 aliphatic heterocycles. The van der Waals surface area contributed by atoms with Gasteiger partial charge in [0.05, 0.1) is 19.3 Å². The summed E-state index contributed by atoms with van der Waals surface area (Å²) in [6, 6.07) is 8.72. The first-order valence-corrected chi connectivity index (χ1v) is 8.20. The van der Waals surface area contributed by atoms with Crippen molar-refractivity contribution in [2.75, 3.05) is 13.2 Å². The maximum Gasteiger partial charge on any atom is 0.0900 e. The van der Waals surface area contributed by atoms with Crippen LogP contribution in [0, 0.1) is 0 Å². The quantitative estimate of drug-likeness (QED) is 0.873. The number of hydrogen-bond donors (Lipinski definition) is 1. The fraction of sp³-hybridized carbons (Fsp3) is 0.647. The van der Waals surface area contributed by atoms with E-state index in [2.05, 4.69) is 18.7 Å². The van der Waals surface area contributed by atoms with E-state index in [1.54, 1.807) is 0 Å². The zero-order valence-corrected chi connectivity index (χ0v) is 13.7. The molecule has 0 aromatic heterocycles. The minimum atomic E-state index is -0.430. The maximum absolute atomic E-state index is 10.2. The Bertz CT molecular complexity index is 413. The molecule has 0 bridgehead atoms. The van der Waals surface area contributed by atoms with Crippen LogP contribution in [0.1, 0.15) is 38.7 Å². The van der Waals surface area contributed by atoms with E-state index in [4.69, 9.17) is 16.3 Å². The monoisotopic (exact) mass is 311 g/mol. The second kappa shape index (κ2) is 8.14. The minimum Gasteiger partial charge on any atom is -0.389 e. The fourth-order valence-electron chi connectivity index (χ4n) is 3.02. The number of aliphatic hydroxyl groups excluding tert-OH is 1. The largest absolute Gasteiger partial charge is 0.389 e. The van der Waals surface area contributed by atoms with Crippen LogP contribution >= 0.6 is 11.6 Å². The van der Waals surface area contributed by atoms with Crippen molar-refractivity contribution in [1.29, 1.82) is 0 Å². The van der Waals surface area contributed by atoms with E-state index in [0.717, 1.165) is 10.6 Å². The molecular weight excluding hydrogens is 286 g/mol. The summed E-state index contributed by atoms with van der Waals surface area (Å²) >= 11 is 5.85. The molecule has 4 heteroatoms. The third kappa shape index (κ3) is 5.26. The molecule has 1 saturated heterocycles. The number of halogens is 1. The van der Waals surface area contributed by atoms with Gasteiger partial charge in [0.25, 0.3) is 0 Å². The van der Waals surface area contributed by atoms with Crippen molar-refractivity contribution < 1.29 is 9.84 Å². The Morgan fingerprint density at radius 2 is 1.86 bits per heavy atom. The molecule has 3 atom stereocenters. The highest BCUT2D eigenvalue weighted by Crippen LogP contribution is 2.22. The van der Waals surface area contributed by atoms with Crippen LogP contribution in [0.4, 0.5) is 0 Å². The van der Waals surface area contributed by atoms with E-state index in [1.165, 1.54) is 19.3 Å². The highest BCUT2D eigenvalue weighted by molar-refractivity contribution is 6.30. The molecule has 3 nitrogen and oxygen atoms in total. The Morgan fingerprint density at radius 3 is 2.48 bits per heavy atom. The molecule has 21 heavy (non-hydrogen) atoms. The second-order valence-corrected chi connectivity index (χ2v) is 6.56. The van der Waals surface area contributed by atoms with Crippen LogP contribution in [0.15, 0.2) is 24.3 Å². The number of benzene rings is 1. The molecule has 1 aliphatic rings. The smallest absolute Gasteiger partial charge is 0.0900 e. The van der Waals surface area contributed by atoms with Gasteiger partial charge in [-0.05, 0) is 44.4 Å². The average molecular weight is 312 g/mol. The van der Waals surface area contributed by atoms with Crippen LogP contribution in [0.3, 0.4) is 0 Å². The van der Waals surface area contributed by atoms with Gasteiger partial charge >= 0.3 is 0 Å². The molecule has 1 aromatic rings. The third-order valence-electron chi connectivity index (χ3n) is 4.29. The summed E-state index contributed by atoms with van der Waals surface area (Å²) in [4.78, 5) is 2.40. The van der Waals surface area contributed by atoms with Crippen LogP contribution in [-0.2, 0) is 11.3 Å². The van der Waals surface area contributed by atoms with Gasteiger partial charge in [0.1, 0.15) is 0 Å². The van der Waals surface area contributed by atoms with E-state index in [-0.39, 0.29) is 0 Å². The van der Waals surface area contributed by atoms with Crippen molar-refractivity contribution >= 4 is 11.6 Å². The van der Waals surface area contributed by atoms with Crippen LogP contribution < -0.4 is 0 Å². The molecule has 1 N–H and O–H groups in total. The number of aliphatic hydroxyl groups is 1. The summed E-state index contributed by atoms with van der Waals surface area (Å²) in [6.45, 7) is 6.08. The summed E-state index contributed by atoms with van der Waals surface area (Å²) in [5.41, 5.74) is 1.08. The summed E-state index contributed by atoms with van der Waals surface area (Å²) in [5, 5.41) is 10.9. The van der Waals surface area contributed by atoms with E-state index >= 15 is 0 Å². The molecule has 2 rings (SSSR count). The molecule has 1 aromatic carbocycles. The lowest BCUT2D eigenvalue weighted by Gasteiger charge is -2.40. The summed E-state index contributed by atoms with van der Waals surface area (Å²) in [7, 11) is 0. The lowest BCUT2D eigenvalue weighted by molar-refractivity contribution is -0.0135. The standard InChI is InChI=1S/C17H26ClNO2/c1-13-4-3-5-14(2)19(13)10-17(20)12-21-11-15-6-8-16(18)9-7-15/h6-9,13-14,17,20H,3-5,10-12H2,1-2H3. The van der Waals surface area contributed by atoms with Crippen molar-refractivity contribution in [1.82, 2.24) is 4.90 Å².